The van der Waals surface area contributed by atoms with Crippen molar-refractivity contribution in [1.29, 1.82) is 0 Å². The SMILES string of the molecule is CCCCN(CCCC)CCCNc1ccccc1. The van der Waals surface area contributed by atoms with E-state index in [-0.39, 0.29) is 0 Å². The average molecular weight is 262 g/mol. The van der Waals surface area contributed by atoms with E-state index in [0.717, 1.165) is 6.54 Å². The molecule has 1 rings (SSSR count). The van der Waals surface area contributed by atoms with Crippen LogP contribution in [0.3, 0.4) is 0 Å². The molecule has 0 aliphatic carbocycles. The second-order valence-electron chi connectivity index (χ2n) is 5.20. The Morgan fingerprint density at radius 2 is 1.42 bits per heavy atom. The molecule has 0 spiro atoms. The number of hydrogen-bond donors (Lipinski definition) is 1. The van der Waals surface area contributed by atoms with Crippen molar-refractivity contribution in [2.75, 3.05) is 31.5 Å². The highest BCUT2D eigenvalue weighted by molar-refractivity contribution is 5.42. The molecule has 2 heteroatoms. The van der Waals surface area contributed by atoms with Crippen molar-refractivity contribution in [3.05, 3.63) is 30.3 Å². The van der Waals surface area contributed by atoms with Gasteiger partial charge in [0.15, 0.2) is 0 Å². The van der Waals surface area contributed by atoms with E-state index in [4.69, 9.17) is 0 Å². The molecular formula is C17H30N2. The third-order valence-electron chi connectivity index (χ3n) is 3.41. The molecule has 108 valence electrons. The number of nitrogens with zero attached hydrogens (tertiary/aromatic N) is 1. The van der Waals surface area contributed by atoms with E-state index in [1.54, 1.807) is 0 Å². The zero-order chi connectivity index (χ0) is 13.8. The van der Waals surface area contributed by atoms with Crippen LogP contribution in [0.25, 0.3) is 0 Å². The van der Waals surface area contributed by atoms with Gasteiger partial charge in [-0.1, -0.05) is 44.9 Å². The van der Waals surface area contributed by atoms with Gasteiger partial charge in [0.2, 0.25) is 0 Å². The quantitative estimate of drug-likeness (QED) is 0.595. The van der Waals surface area contributed by atoms with Gasteiger partial charge >= 0.3 is 0 Å². The van der Waals surface area contributed by atoms with E-state index >= 15 is 0 Å². The summed E-state index contributed by atoms with van der Waals surface area (Å²) in [7, 11) is 0. The monoisotopic (exact) mass is 262 g/mol. The minimum atomic E-state index is 1.07. The number of anilines is 1. The number of nitrogens with one attached hydrogen (secondary N) is 1. The Bertz CT molecular complexity index is 289. The zero-order valence-corrected chi connectivity index (χ0v) is 12.7. The second kappa shape index (κ2) is 10.9. The molecule has 0 bridgehead atoms. The number of hydrogen-bond acceptors (Lipinski definition) is 2. The average Bonchev–Trinajstić information content (AvgIpc) is 2.46. The fourth-order valence-corrected chi connectivity index (χ4v) is 2.19. The molecular weight excluding hydrogens is 232 g/mol. The van der Waals surface area contributed by atoms with Crippen LogP contribution in [0, 0.1) is 0 Å². The molecule has 0 atom stereocenters. The molecule has 0 aliphatic rings. The predicted molar refractivity (Wildman–Crippen MR) is 85.8 cm³/mol. The second-order valence-corrected chi connectivity index (χ2v) is 5.20. The third kappa shape index (κ3) is 7.89. The summed E-state index contributed by atoms with van der Waals surface area (Å²) in [5.74, 6) is 0. The Hall–Kier alpha value is -1.02. The molecule has 0 unspecified atom stereocenters. The lowest BCUT2D eigenvalue weighted by Gasteiger charge is -2.22. The first-order chi connectivity index (χ1) is 9.36. The van der Waals surface area contributed by atoms with Gasteiger partial charge in [0.25, 0.3) is 0 Å². The van der Waals surface area contributed by atoms with Crippen LogP contribution in [0.1, 0.15) is 46.0 Å². The van der Waals surface area contributed by atoms with Crippen LogP contribution in [-0.4, -0.2) is 31.1 Å². The summed E-state index contributed by atoms with van der Waals surface area (Å²) in [5, 5.41) is 3.49. The van der Waals surface area contributed by atoms with Crippen LogP contribution >= 0.6 is 0 Å². The van der Waals surface area contributed by atoms with Crippen LogP contribution in [-0.2, 0) is 0 Å². The van der Waals surface area contributed by atoms with E-state index in [0.29, 0.717) is 0 Å². The first-order valence-corrected chi connectivity index (χ1v) is 7.88. The lowest BCUT2D eigenvalue weighted by molar-refractivity contribution is 0.264. The lowest BCUT2D eigenvalue weighted by atomic mass is 10.2. The molecule has 2 nitrogen and oxygen atoms in total. The van der Waals surface area contributed by atoms with E-state index in [1.807, 2.05) is 0 Å². The van der Waals surface area contributed by atoms with Crippen molar-refractivity contribution in [2.24, 2.45) is 0 Å². The maximum absolute atomic E-state index is 3.49. The van der Waals surface area contributed by atoms with E-state index < -0.39 is 0 Å². The minimum absolute atomic E-state index is 1.07. The molecule has 0 amide bonds. The van der Waals surface area contributed by atoms with Gasteiger partial charge in [-0.25, -0.2) is 0 Å². The molecule has 1 aromatic carbocycles. The smallest absolute Gasteiger partial charge is 0.0340 e. The van der Waals surface area contributed by atoms with E-state index in [1.165, 1.54) is 57.4 Å². The fourth-order valence-electron chi connectivity index (χ4n) is 2.19. The highest BCUT2D eigenvalue weighted by Crippen LogP contribution is 2.05. The summed E-state index contributed by atoms with van der Waals surface area (Å²) in [6, 6.07) is 10.5. The normalized spacial score (nSPS) is 10.9. The van der Waals surface area contributed by atoms with Gasteiger partial charge in [-0.15, -0.1) is 0 Å². The highest BCUT2D eigenvalue weighted by Gasteiger charge is 2.03. The molecule has 1 N–H and O–H groups in total. The zero-order valence-electron chi connectivity index (χ0n) is 12.7. The maximum atomic E-state index is 3.49. The largest absolute Gasteiger partial charge is 0.385 e. The minimum Gasteiger partial charge on any atom is -0.385 e. The van der Waals surface area contributed by atoms with Crippen molar-refractivity contribution in [3.8, 4) is 0 Å². The third-order valence-corrected chi connectivity index (χ3v) is 3.41. The molecule has 0 heterocycles. The Balaban J connectivity index is 2.16. The van der Waals surface area contributed by atoms with Crippen LogP contribution in [0.5, 0.6) is 0 Å². The highest BCUT2D eigenvalue weighted by atomic mass is 15.1. The van der Waals surface area contributed by atoms with Crippen molar-refractivity contribution >= 4 is 5.69 Å². The van der Waals surface area contributed by atoms with Crippen LogP contribution in [0.15, 0.2) is 30.3 Å². The fraction of sp³-hybridized carbons (Fsp3) is 0.647. The summed E-state index contributed by atoms with van der Waals surface area (Å²) >= 11 is 0. The molecule has 0 saturated carbocycles. The van der Waals surface area contributed by atoms with E-state index in [2.05, 4.69) is 54.4 Å². The van der Waals surface area contributed by atoms with Crippen LogP contribution < -0.4 is 5.32 Å². The van der Waals surface area contributed by atoms with Crippen LogP contribution in [0.4, 0.5) is 5.69 Å². The number of unbranched alkanes of at least 4 members (excludes halogenated alkanes) is 2. The van der Waals surface area contributed by atoms with Gasteiger partial charge in [0, 0.05) is 12.2 Å². The number of benzene rings is 1. The molecule has 0 saturated heterocycles. The molecule has 1 aromatic rings. The summed E-state index contributed by atoms with van der Waals surface area (Å²) in [6.45, 7) is 9.37. The molecule has 0 aliphatic heterocycles. The van der Waals surface area contributed by atoms with Crippen molar-refractivity contribution in [2.45, 2.75) is 46.0 Å². The Kier molecular flexibility index (Phi) is 9.17. The van der Waals surface area contributed by atoms with Crippen LogP contribution in [0.2, 0.25) is 0 Å². The Morgan fingerprint density at radius 1 is 0.842 bits per heavy atom. The molecule has 0 aromatic heterocycles. The van der Waals surface area contributed by atoms with Gasteiger partial charge in [0.05, 0.1) is 0 Å². The Labute approximate surface area is 119 Å². The number of rotatable bonds is 11. The van der Waals surface area contributed by atoms with E-state index in [9.17, 15) is 0 Å². The van der Waals surface area contributed by atoms with Crippen molar-refractivity contribution in [3.63, 3.8) is 0 Å². The first-order valence-electron chi connectivity index (χ1n) is 7.88. The van der Waals surface area contributed by atoms with Gasteiger partial charge < -0.3 is 10.2 Å². The molecule has 0 fully saturated rings. The van der Waals surface area contributed by atoms with Gasteiger partial charge in [-0.2, -0.15) is 0 Å². The topological polar surface area (TPSA) is 15.3 Å². The predicted octanol–water partition coefficient (Wildman–Crippen LogP) is 4.39. The number of para-hydroxylation sites is 1. The summed E-state index contributed by atoms with van der Waals surface area (Å²) in [4.78, 5) is 2.62. The summed E-state index contributed by atoms with van der Waals surface area (Å²) in [5.41, 5.74) is 1.23. The van der Waals surface area contributed by atoms with Crippen molar-refractivity contribution < 1.29 is 0 Å². The molecule has 19 heavy (non-hydrogen) atoms. The molecule has 0 radical (unpaired) electrons. The lowest BCUT2D eigenvalue weighted by Crippen LogP contribution is -2.28. The van der Waals surface area contributed by atoms with Crippen molar-refractivity contribution in [1.82, 2.24) is 4.90 Å². The Morgan fingerprint density at radius 3 is 2.00 bits per heavy atom. The van der Waals surface area contributed by atoms with Gasteiger partial charge in [0.1, 0.15) is 0 Å². The summed E-state index contributed by atoms with van der Waals surface area (Å²) in [6.07, 6.45) is 6.48. The first kappa shape index (κ1) is 16.0. The standard InChI is InChI=1S/C17H30N2/c1-3-5-14-19(15-6-4-2)16-10-13-18-17-11-8-7-9-12-17/h7-9,11-12,18H,3-6,10,13-16H2,1-2H3. The maximum Gasteiger partial charge on any atom is 0.0340 e. The summed E-state index contributed by atoms with van der Waals surface area (Å²) < 4.78 is 0. The van der Waals surface area contributed by atoms with Gasteiger partial charge in [-0.05, 0) is 51.0 Å². The van der Waals surface area contributed by atoms with Gasteiger partial charge in [-0.3, -0.25) is 0 Å².